The van der Waals surface area contributed by atoms with Crippen molar-refractivity contribution in [2.45, 2.75) is 6.54 Å². The molecule has 0 spiro atoms. The minimum absolute atomic E-state index is 0.259. The van der Waals surface area contributed by atoms with E-state index < -0.39 is 0 Å². The third kappa shape index (κ3) is 3.23. The monoisotopic (exact) mass is 316 g/mol. The molecule has 0 fully saturated rings. The molecule has 1 aliphatic rings. The van der Waals surface area contributed by atoms with Gasteiger partial charge in [-0.05, 0) is 30.4 Å². The predicted molar refractivity (Wildman–Crippen MR) is 88.6 cm³/mol. The highest BCUT2D eigenvalue weighted by Crippen LogP contribution is 2.34. The summed E-state index contributed by atoms with van der Waals surface area (Å²) in [6.07, 6.45) is 0. The van der Waals surface area contributed by atoms with Crippen molar-refractivity contribution in [3.8, 4) is 17.2 Å². The van der Waals surface area contributed by atoms with Gasteiger partial charge in [0.1, 0.15) is 5.75 Å². The highest BCUT2D eigenvalue weighted by molar-refractivity contribution is 7.80. The molecule has 22 heavy (non-hydrogen) atoms. The van der Waals surface area contributed by atoms with Crippen LogP contribution in [0.4, 0.5) is 5.69 Å². The van der Waals surface area contributed by atoms with Gasteiger partial charge < -0.3 is 24.8 Å². The summed E-state index contributed by atoms with van der Waals surface area (Å²) in [4.78, 5) is 0. The van der Waals surface area contributed by atoms with E-state index in [4.69, 9.17) is 26.4 Å². The molecule has 0 unspecified atom stereocenters. The van der Waals surface area contributed by atoms with Crippen molar-refractivity contribution < 1.29 is 14.2 Å². The van der Waals surface area contributed by atoms with Gasteiger partial charge in [-0.1, -0.05) is 18.2 Å². The summed E-state index contributed by atoms with van der Waals surface area (Å²) in [7, 11) is 1.65. The Morgan fingerprint density at radius 3 is 2.86 bits per heavy atom. The zero-order valence-corrected chi connectivity index (χ0v) is 12.9. The standard InChI is InChI=1S/C16H16N2O3S/c1-19-13-5-3-2-4-11(13)9-17-16(22)18-12-6-7-14-15(8-12)21-10-20-14/h2-8H,9-10H2,1H3,(H2,17,18,22). The molecule has 114 valence electrons. The van der Waals surface area contributed by atoms with E-state index in [0.717, 1.165) is 28.5 Å². The second-order valence-corrected chi connectivity index (χ2v) is 5.10. The molecule has 0 saturated carbocycles. The third-order valence-corrected chi connectivity index (χ3v) is 3.51. The van der Waals surface area contributed by atoms with Crippen molar-refractivity contribution in [2.24, 2.45) is 0 Å². The van der Waals surface area contributed by atoms with E-state index in [1.54, 1.807) is 7.11 Å². The van der Waals surface area contributed by atoms with Crippen LogP contribution in [-0.2, 0) is 6.54 Å². The molecule has 2 aromatic carbocycles. The van der Waals surface area contributed by atoms with E-state index in [1.807, 2.05) is 42.5 Å². The zero-order chi connectivity index (χ0) is 15.4. The molecule has 1 heterocycles. The Bertz CT molecular complexity index is 691. The number of hydrogen-bond acceptors (Lipinski definition) is 4. The highest BCUT2D eigenvalue weighted by Gasteiger charge is 2.13. The van der Waals surface area contributed by atoms with Gasteiger partial charge in [-0.3, -0.25) is 0 Å². The average Bonchev–Trinajstić information content (AvgIpc) is 3.01. The van der Waals surface area contributed by atoms with Gasteiger partial charge in [-0.25, -0.2) is 0 Å². The number of fused-ring (bicyclic) bond motifs is 1. The molecular weight excluding hydrogens is 300 g/mol. The van der Waals surface area contributed by atoms with Crippen LogP contribution >= 0.6 is 12.2 Å². The molecule has 0 atom stereocenters. The lowest BCUT2D eigenvalue weighted by Crippen LogP contribution is -2.28. The van der Waals surface area contributed by atoms with Gasteiger partial charge in [0.05, 0.1) is 7.11 Å². The fourth-order valence-electron chi connectivity index (χ4n) is 2.17. The molecule has 0 saturated heterocycles. The number of anilines is 1. The number of rotatable bonds is 4. The molecule has 0 bridgehead atoms. The Labute approximate surface area is 134 Å². The zero-order valence-electron chi connectivity index (χ0n) is 12.1. The second kappa shape index (κ2) is 6.53. The topological polar surface area (TPSA) is 51.8 Å². The van der Waals surface area contributed by atoms with E-state index >= 15 is 0 Å². The van der Waals surface area contributed by atoms with Crippen molar-refractivity contribution in [2.75, 3.05) is 19.2 Å². The number of para-hydroxylation sites is 1. The van der Waals surface area contributed by atoms with Gasteiger partial charge in [0, 0.05) is 23.9 Å². The van der Waals surface area contributed by atoms with Crippen LogP contribution < -0.4 is 24.8 Å². The number of thiocarbonyl (C=S) groups is 1. The first kappa shape index (κ1) is 14.5. The number of methoxy groups -OCH3 is 1. The maximum absolute atomic E-state index is 5.34. The summed E-state index contributed by atoms with van der Waals surface area (Å²) < 4.78 is 15.9. The van der Waals surface area contributed by atoms with E-state index in [-0.39, 0.29) is 6.79 Å². The normalized spacial score (nSPS) is 11.9. The number of ether oxygens (including phenoxy) is 3. The maximum Gasteiger partial charge on any atom is 0.231 e. The lowest BCUT2D eigenvalue weighted by molar-refractivity contribution is 0.174. The lowest BCUT2D eigenvalue weighted by atomic mass is 10.2. The van der Waals surface area contributed by atoms with Crippen LogP contribution in [0.25, 0.3) is 0 Å². The molecule has 6 heteroatoms. The fourth-order valence-corrected chi connectivity index (χ4v) is 2.36. The summed E-state index contributed by atoms with van der Waals surface area (Å²) in [6.45, 7) is 0.843. The third-order valence-electron chi connectivity index (χ3n) is 3.26. The Kier molecular flexibility index (Phi) is 4.29. The number of hydrogen-bond donors (Lipinski definition) is 2. The van der Waals surface area contributed by atoms with E-state index in [0.29, 0.717) is 11.7 Å². The Morgan fingerprint density at radius 1 is 1.18 bits per heavy atom. The van der Waals surface area contributed by atoms with Gasteiger partial charge >= 0.3 is 0 Å². The summed E-state index contributed by atoms with van der Waals surface area (Å²) in [5.41, 5.74) is 1.89. The minimum Gasteiger partial charge on any atom is -0.496 e. The summed E-state index contributed by atoms with van der Waals surface area (Å²) in [5, 5.41) is 6.81. The molecule has 0 amide bonds. The lowest BCUT2D eigenvalue weighted by Gasteiger charge is -2.13. The smallest absolute Gasteiger partial charge is 0.231 e. The molecule has 2 aromatic rings. The molecule has 0 radical (unpaired) electrons. The summed E-state index contributed by atoms with van der Waals surface area (Å²) in [6, 6.07) is 13.4. The first-order valence-electron chi connectivity index (χ1n) is 6.82. The number of nitrogens with one attached hydrogen (secondary N) is 2. The van der Waals surface area contributed by atoms with Gasteiger partial charge in [0.15, 0.2) is 16.6 Å². The van der Waals surface area contributed by atoms with Crippen molar-refractivity contribution in [1.82, 2.24) is 5.32 Å². The Hall–Kier alpha value is -2.47. The maximum atomic E-state index is 5.34. The van der Waals surface area contributed by atoms with E-state index in [9.17, 15) is 0 Å². The van der Waals surface area contributed by atoms with E-state index in [1.165, 1.54) is 0 Å². The molecule has 5 nitrogen and oxygen atoms in total. The first-order chi connectivity index (χ1) is 10.8. The quantitative estimate of drug-likeness (QED) is 0.846. The molecule has 0 aliphatic carbocycles. The molecule has 0 aromatic heterocycles. The van der Waals surface area contributed by atoms with Gasteiger partial charge in [0.25, 0.3) is 0 Å². The van der Waals surface area contributed by atoms with Crippen molar-refractivity contribution in [3.05, 3.63) is 48.0 Å². The molecular formula is C16H16N2O3S. The summed E-state index contributed by atoms with van der Waals surface area (Å²) >= 11 is 5.31. The average molecular weight is 316 g/mol. The minimum atomic E-state index is 0.259. The number of benzene rings is 2. The van der Waals surface area contributed by atoms with Gasteiger partial charge in [0.2, 0.25) is 6.79 Å². The van der Waals surface area contributed by atoms with Crippen LogP contribution in [0.1, 0.15) is 5.56 Å². The Morgan fingerprint density at radius 2 is 2.00 bits per heavy atom. The van der Waals surface area contributed by atoms with Crippen LogP contribution in [0.15, 0.2) is 42.5 Å². The van der Waals surface area contributed by atoms with Crippen LogP contribution in [0.5, 0.6) is 17.2 Å². The predicted octanol–water partition coefficient (Wildman–Crippen LogP) is 2.91. The van der Waals surface area contributed by atoms with Crippen molar-refractivity contribution in [3.63, 3.8) is 0 Å². The van der Waals surface area contributed by atoms with Crippen LogP contribution in [0.3, 0.4) is 0 Å². The Balaban J connectivity index is 1.58. The van der Waals surface area contributed by atoms with Crippen molar-refractivity contribution >= 4 is 23.0 Å². The fraction of sp³-hybridized carbons (Fsp3) is 0.188. The van der Waals surface area contributed by atoms with Gasteiger partial charge in [-0.2, -0.15) is 0 Å². The van der Waals surface area contributed by atoms with Crippen LogP contribution in [0.2, 0.25) is 0 Å². The molecule has 3 rings (SSSR count). The highest BCUT2D eigenvalue weighted by atomic mass is 32.1. The van der Waals surface area contributed by atoms with E-state index in [2.05, 4.69) is 10.6 Å². The largest absolute Gasteiger partial charge is 0.496 e. The summed E-state index contributed by atoms with van der Waals surface area (Å²) in [5.74, 6) is 2.30. The second-order valence-electron chi connectivity index (χ2n) is 4.69. The van der Waals surface area contributed by atoms with Gasteiger partial charge in [-0.15, -0.1) is 0 Å². The van der Waals surface area contributed by atoms with Crippen LogP contribution in [-0.4, -0.2) is 19.0 Å². The van der Waals surface area contributed by atoms with Crippen molar-refractivity contribution in [1.29, 1.82) is 0 Å². The molecule has 1 aliphatic heterocycles. The molecule has 2 N–H and O–H groups in total. The SMILES string of the molecule is COc1ccccc1CNC(=S)Nc1ccc2c(c1)OCO2. The first-order valence-corrected chi connectivity index (χ1v) is 7.23. The van der Waals surface area contributed by atoms with Crippen LogP contribution in [0, 0.1) is 0 Å².